The summed E-state index contributed by atoms with van der Waals surface area (Å²) in [5.74, 6) is -2.50. The lowest BCUT2D eigenvalue weighted by Crippen LogP contribution is -2.45. The van der Waals surface area contributed by atoms with Crippen LogP contribution in [0.25, 0.3) is 0 Å². The van der Waals surface area contributed by atoms with Crippen LogP contribution in [-0.2, 0) is 4.79 Å². The van der Waals surface area contributed by atoms with Gasteiger partial charge < -0.3 is 10.2 Å². The molecule has 1 heterocycles. The fourth-order valence-corrected chi connectivity index (χ4v) is 3.54. The fraction of sp³-hybridized carbons (Fsp3) is 0.647. The Kier molecular flexibility index (Phi) is 4.78. The SMILES string of the molecule is O=C(O)CCC(=O)c1c(O)n(C2CC2)c(=O)n(C2CCCCC2)c1=O. The van der Waals surface area contributed by atoms with Gasteiger partial charge in [0, 0.05) is 18.5 Å². The fourth-order valence-electron chi connectivity index (χ4n) is 3.54. The molecule has 2 aliphatic rings. The quantitative estimate of drug-likeness (QED) is 0.752. The van der Waals surface area contributed by atoms with Gasteiger partial charge in [0.05, 0.1) is 6.42 Å². The Morgan fingerprint density at radius 1 is 0.920 bits per heavy atom. The van der Waals surface area contributed by atoms with E-state index in [9.17, 15) is 24.3 Å². The lowest BCUT2D eigenvalue weighted by molar-refractivity contribution is -0.136. The average Bonchev–Trinajstić information content (AvgIpc) is 3.38. The molecule has 0 aliphatic heterocycles. The van der Waals surface area contributed by atoms with Gasteiger partial charge in [-0.25, -0.2) is 4.79 Å². The number of carboxylic acids is 1. The van der Waals surface area contributed by atoms with Crippen LogP contribution in [0.4, 0.5) is 0 Å². The van der Waals surface area contributed by atoms with Gasteiger partial charge in [-0.3, -0.25) is 23.5 Å². The third kappa shape index (κ3) is 3.38. The molecule has 136 valence electrons. The molecule has 2 aliphatic carbocycles. The van der Waals surface area contributed by atoms with E-state index in [1.165, 1.54) is 0 Å². The highest BCUT2D eigenvalue weighted by Crippen LogP contribution is 2.37. The molecule has 3 rings (SSSR count). The third-order valence-electron chi connectivity index (χ3n) is 4.99. The number of carbonyl (C=O) groups excluding carboxylic acids is 1. The number of aromatic hydroxyl groups is 1. The van der Waals surface area contributed by atoms with Crippen LogP contribution in [0.5, 0.6) is 5.88 Å². The molecule has 2 fully saturated rings. The summed E-state index contributed by atoms with van der Waals surface area (Å²) in [4.78, 5) is 48.7. The number of nitrogens with zero attached hydrogens (tertiary/aromatic N) is 2. The van der Waals surface area contributed by atoms with Crippen molar-refractivity contribution in [3.63, 3.8) is 0 Å². The molecule has 8 nitrogen and oxygen atoms in total. The molecule has 25 heavy (non-hydrogen) atoms. The van der Waals surface area contributed by atoms with Crippen molar-refractivity contribution in [3.05, 3.63) is 26.4 Å². The van der Waals surface area contributed by atoms with Gasteiger partial charge in [0.25, 0.3) is 5.56 Å². The van der Waals surface area contributed by atoms with Crippen LogP contribution >= 0.6 is 0 Å². The minimum absolute atomic E-state index is 0.200. The van der Waals surface area contributed by atoms with Crippen LogP contribution in [0, 0.1) is 0 Å². The second-order valence-electron chi connectivity index (χ2n) is 6.87. The Hall–Kier alpha value is -2.38. The number of hydrogen-bond acceptors (Lipinski definition) is 5. The molecule has 2 saturated carbocycles. The zero-order valence-corrected chi connectivity index (χ0v) is 13.9. The van der Waals surface area contributed by atoms with Gasteiger partial charge in [-0.2, -0.15) is 0 Å². The Morgan fingerprint density at radius 3 is 2.08 bits per heavy atom. The molecule has 2 N–H and O–H groups in total. The summed E-state index contributed by atoms with van der Waals surface area (Å²) in [7, 11) is 0. The lowest BCUT2D eigenvalue weighted by Gasteiger charge is -2.25. The number of aliphatic carboxylic acids is 1. The van der Waals surface area contributed by atoms with Crippen LogP contribution in [0.1, 0.15) is 80.2 Å². The number of rotatable bonds is 6. The summed E-state index contributed by atoms with van der Waals surface area (Å²) in [5, 5.41) is 19.2. The maximum atomic E-state index is 12.8. The number of carbonyl (C=O) groups is 2. The maximum Gasteiger partial charge on any atom is 0.334 e. The highest BCUT2D eigenvalue weighted by molar-refractivity contribution is 5.99. The van der Waals surface area contributed by atoms with E-state index in [2.05, 4.69) is 0 Å². The van der Waals surface area contributed by atoms with Gasteiger partial charge in [0.2, 0.25) is 5.88 Å². The minimum Gasteiger partial charge on any atom is -0.494 e. The molecular weight excluding hydrogens is 328 g/mol. The summed E-state index contributed by atoms with van der Waals surface area (Å²) >= 11 is 0. The second-order valence-corrected chi connectivity index (χ2v) is 6.87. The van der Waals surface area contributed by atoms with E-state index in [0.29, 0.717) is 25.7 Å². The van der Waals surface area contributed by atoms with Crippen LogP contribution < -0.4 is 11.2 Å². The van der Waals surface area contributed by atoms with Gasteiger partial charge in [-0.1, -0.05) is 19.3 Å². The lowest BCUT2D eigenvalue weighted by atomic mass is 9.95. The molecule has 0 saturated heterocycles. The van der Waals surface area contributed by atoms with Crippen molar-refractivity contribution in [3.8, 4) is 5.88 Å². The first kappa shape index (κ1) is 17.4. The van der Waals surface area contributed by atoms with Gasteiger partial charge in [0.15, 0.2) is 5.78 Å². The number of carboxylic acid groups (broad SMARTS) is 1. The van der Waals surface area contributed by atoms with Crippen LogP contribution in [0.3, 0.4) is 0 Å². The number of Topliss-reactive ketones (excluding diaryl/α,β-unsaturated/α-hetero) is 1. The van der Waals surface area contributed by atoms with E-state index < -0.39 is 40.9 Å². The first-order valence-electron chi connectivity index (χ1n) is 8.76. The Bertz CT molecular complexity index is 812. The standard InChI is InChI=1S/C17H22N2O6/c20-12(8-9-13(21)22)14-15(23)18(10-4-2-1-3-5-10)17(25)19(16(14)24)11-6-7-11/h10-11,24H,1-9H2,(H,21,22). The first-order valence-corrected chi connectivity index (χ1v) is 8.76. The third-order valence-corrected chi connectivity index (χ3v) is 4.99. The molecular formula is C17H22N2O6. The van der Waals surface area contributed by atoms with Crippen molar-refractivity contribution in [2.45, 2.75) is 69.9 Å². The summed E-state index contributed by atoms with van der Waals surface area (Å²) < 4.78 is 2.26. The van der Waals surface area contributed by atoms with E-state index in [-0.39, 0.29) is 18.5 Å². The predicted molar refractivity (Wildman–Crippen MR) is 88.2 cm³/mol. The van der Waals surface area contributed by atoms with E-state index in [1.54, 1.807) is 0 Å². The Balaban J connectivity index is 2.11. The summed E-state index contributed by atoms with van der Waals surface area (Å²) in [6.07, 6.45) is 4.84. The van der Waals surface area contributed by atoms with E-state index in [4.69, 9.17) is 5.11 Å². The van der Waals surface area contributed by atoms with Crippen molar-refractivity contribution < 1.29 is 19.8 Å². The van der Waals surface area contributed by atoms with Gasteiger partial charge in [-0.05, 0) is 25.7 Å². The summed E-state index contributed by atoms with van der Waals surface area (Å²) in [6.45, 7) is 0. The van der Waals surface area contributed by atoms with E-state index in [0.717, 1.165) is 28.4 Å². The molecule has 1 aromatic rings. The smallest absolute Gasteiger partial charge is 0.334 e. The van der Waals surface area contributed by atoms with E-state index >= 15 is 0 Å². The number of ketones is 1. The minimum atomic E-state index is -1.16. The zero-order chi connectivity index (χ0) is 18.1. The normalized spacial score (nSPS) is 18.2. The Morgan fingerprint density at radius 2 is 1.52 bits per heavy atom. The number of hydrogen-bond donors (Lipinski definition) is 2. The second kappa shape index (κ2) is 6.85. The highest BCUT2D eigenvalue weighted by Gasteiger charge is 2.34. The summed E-state index contributed by atoms with van der Waals surface area (Å²) in [5.41, 5.74) is -1.80. The largest absolute Gasteiger partial charge is 0.494 e. The van der Waals surface area contributed by atoms with Crippen molar-refractivity contribution >= 4 is 11.8 Å². The predicted octanol–water partition coefficient (Wildman–Crippen LogP) is 1.60. The molecule has 0 unspecified atom stereocenters. The van der Waals surface area contributed by atoms with E-state index in [1.807, 2.05) is 0 Å². The molecule has 0 aromatic carbocycles. The molecule has 1 aromatic heterocycles. The maximum absolute atomic E-state index is 12.8. The summed E-state index contributed by atoms with van der Waals surface area (Å²) in [6, 6.07) is -0.473. The molecule has 0 amide bonds. The Labute approximate surface area is 143 Å². The molecule has 0 bridgehead atoms. The molecule has 0 atom stereocenters. The van der Waals surface area contributed by atoms with Crippen LogP contribution in [0.15, 0.2) is 9.59 Å². The van der Waals surface area contributed by atoms with Gasteiger partial charge in [-0.15, -0.1) is 0 Å². The first-order chi connectivity index (χ1) is 11.9. The van der Waals surface area contributed by atoms with Gasteiger partial charge in [0.1, 0.15) is 5.56 Å². The monoisotopic (exact) mass is 350 g/mol. The van der Waals surface area contributed by atoms with Crippen LogP contribution in [0.2, 0.25) is 0 Å². The molecule has 0 radical (unpaired) electrons. The zero-order valence-electron chi connectivity index (χ0n) is 13.9. The van der Waals surface area contributed by atoms with Crippen LogP contribution in [-0.4, -0.2) is 31.1 Å². The molecule has 8 heteroatoms. The van der Waals surface area contributed by atoms with Crippen molar-refractivity contribution in [2.75, 3.05) is 0 Å². The van der Waals surface area contributed by atoms with Crippen molar-refractivity contribution in [1.29, 1.82) is 0 Å². The molecule has 0 spiro atoms. The van der Waals surface area contributed by atoms with Crippen molar-refractivity contribution in [2.24, 2.45) is 0 Å². The van der Waals surface area contributed by atoms with Gasteiger partial charge >= 0.3 is 11.7 Å². The van der Waals surface area contributed by atoms with Crippen molar-refractivity contribution in [1.82, 2.24) is 9.13 Å². The average molecular weight is 350 g/mol. The number of aromatic nitrogens is 2. The topological polar surface area (TPSA) is 119 Å². The highest BCUT2D eigenvalue weighted by atomic mass is 16.4.